The van der Waals surface area contributed by atoms with Gasteiger partial charge in [-0.2, -0.15) is 10.2 Å². The maximum atomic E-state index is 4.25. The van der Waals surface area contributed by atoms with Crippen LogP contribution in [-0.4, -0.2) is 20.0 Å². The number of nitrogens with zero attached hydrogens (tertiary/aromatic N) is 3. The topological polar surface area (TPSA) is 58.5 Å². The van der Waals surface area contributed by atoms with Crippen LogP contribution in [0.15, 0.2) is 36.7 Å². The van der Waals surface area contributed by atoms with Crippen molar-refractivity contribution < 1.29 is 0 Å². The SMILES string of the molecule is CCn1nccc1CNc1ccc2cn[nH]c2c1. The van der Waals surface area contributed by atoms with Crippen molar-refractivity contribution in [2.45, 2.75) is 20.0 Å². The van der Waals surface area contributed by atoms with E-state index in [1.165, 1.54) is 5.69 Å². The minimum absolute atomic E-state index is 0.771. The molecule has 2 heterocycles. The van der Waals surface area contributed by atoms with Gasteiger partial charge in [0, 0.05) is 23.8 Å². The molecule has 3 rings (SSSR count). The standard InChI is InChI=1S/C13H15N5/c1-2-18-12(5-6-16-18)9-14-11-4-3-10-8-15-17-13(10)7-11/h3-8,14H,2,9H2,1H3,(H,15,17). The molecule has 2 aromatic heterocycles. The molecule has 2 N–H and O–H groups in total. The van der Waals surface area contributed by atoms with Crippen molar-refractivity contribution >= 4 is 16.6 Å². The monoisotopic (exact) mass is 241 g/mol. The van der Waals surface area contributed by atoms with Crippen LogP contribution in [0.1, 0.15) is 12.6 Å². The summed E-state index contributed by atoms with van der Waals surface area (Å²) in [5.41, 5.74) is 3.31. The van der Waals surface area contributed by atoms with Gasteiger partial charge in [0.1, 0.15) is 0 Å². The van der Waals surface area contributed by atoms with Gasteiger partial charge in [0.25, 0.3) is 0 Å². The van der Waals surface area contributed by atoms with Crippen molar-refractivity contribution in [2.24, 2.45) is 0 Å². The van der Waals surface area contributed by atoms with Gasteiger partial charge >= 0.3 is 0 Å². The van der Waals surface area contributed by atoms with Crippen molar-refractivity contribution in [3.05, 3.63) is 42.4 Å². The Bertz CT molecular complexity index is 652. The quantitative estimate of drug-likeness (QED) is 0.737. The molecule has 0 fully saturated rings. The van der Waals surface area contributed by atoms with Gasteiger partial charge in [0.15, 0.2) is 0 Å². The Morgan fingerprint density at radius 1 is 1.33 bits per heavy atom. The Morgan fingerprint density at radius 3 is 3.17 bits per heavy atom. The molecule has 0 saturated heterocycles. The molecule has 0 saturated carbocycles. The van der Waals surface area contributed by atoms with Crippen LogP contribution >= 0.6 is 0 Å². The molecule has 18 heavy (non-hydrogen) atoms. The third kappa shape index (κ3) is 1.95. The van der Waals surface area contributed by atoms with E-state index in [-0.39, 0.29) is 0 Å². The second kappa shape index (κ2) is 4.52. The summed E-state index contributed by atoms with van der Waals surface area (Å²) in [6.45, 7) is 3.75. The number of aromatic nitrogens is 4. The van der Waals surface area contributed by atoms with Crippen LogP contribution in [0.3, 0.4) is 0 Å². The minimum Gasteiger partial charge on any atom is -0.379 e. The number of anilines is 1. The smallest absolute Gasteiger partial charge is 0.0670 e. The third-order valence-electron chi connectivity index (χ3n) is 3.02. The van der Waals surface area contributed by atoms with Crippen LogP contribution in [-0.2, 0) is 13.1 Å². The van der Waals surface area contributed by atoms with Crippen molar-refractivity contribution in [2.75, 3.05) is 5.32 Å². The Labute approximate surface area is 105 Å². The largest absolute Gasteiger partial charge is 0.379 e. The summed E-state index contributed by atoms with van der Waals surface area (Å²) in [6, 6.07) is 8.21. The average molecular weight is 241 g/mol. The molecule has 5 heteroatoms. The Kier molecular flexibility index (Phi) is 2.72. The summed E-state index contributed by atoms with van der Waals surface area (Å²) in [7, 11) is 0. The first kappa shape index (κ1) is 10.8. The molecule has 1 aromatic carbocycles. The number of hydrogen-bond acceptors (Lipinski definition) is 3. The molecule has 0 radical (unpaired) electrons. The van der Waals surface area contributed by atoms with E-state index in [2.05, 4.69) is 45.7 Å². The number of hydrogen-bond donors (Lipinski definition) is 2. The van der Waals surface area contributed by atoms with Crippen molar-refractivity contribution in [1.29, 1.82) is 0 Å². The zero-order valence-corrected chi connectivity index (χ0v) is 10.2. The van der Waals surface area contributed by atoms with E-state index < -0.39 is 0 Å². The number of benzene rings is 1. The van der Waals surface area contributed by atoms with E-state index in [9.17, 15) is 0 Å². The van der Waals surface area contributed by atoms with E-state index in [1.807, 2.05) is 23.1 Å². The van der Waals surface area contributed by atoms with Crippen LogP contribution in [0, 0.1) is 0 Å². The lowest BCUT2D eigenvalue weighted by Crippen LogP contribution is -2.07. The fraction of sp³-hybridized carbons (Fsp3) is 0.231. The number of nitrogens with one attached hydrogen (secondary N) is 2. The molecule has 0 unspecified atom stereocenters. The zero-order valence-electron chi connectivity index (χ0n) is 10.2. The summed E-state index contributed by atoms with van der Waals surface area (Å²) in [5.74, 6) is 0. The third-order valence-corrected chi connectivity index (χ3v) is 3.02. The molecule has 0 spiro atoms. The maximum Gasteiger partial charge on any atom is 0.0670 e. The number of H-pyrrole nitrogens is 1. The van der Waals surface area contributed by atoms with Gasteiger partial charge in [-0.1, -0.05) is 0 Å². The van der Waals surface area contributed by atoms with Crippen molar-refractivity contribution in [1.82, 2.24) is 20.0 Å². The van der Waals surface area contributed by atoms with Gasteiger partial charge in [-0.3, -0.25) is 9.78 Å². The highest BCUT2D eigenvalue weighted by molar-refractivity contribution is 5.81. The van der Waals surface area contributed by atoms with Gasteiger partial charge in [0.05, 0.1) is 24.0 Å². The Morgan fingerprint density at radius 2 is 2.28 bits per heavy atom. The summed E-state index contributed by atoms with van der Waals surface area (Å²) in [4.78, 5) is 0. The van der Waals surface area contributed by atoms with Crippen LogP contribution in [0.25, 0.3) is 10.9 Å². The fourth-order valence-electron chi connectivity index (χ4n) is 2.03. The lowest BCUT2D eigenvalue weighted by Gasteiger charge is -2.08. The second-order valence-electron chi connectivity index (χ2n) is 4.16. The number of rotatable bonds is 4. The first-order valence-corrected chi connectivity index (χ1v) is 6.04. The molecule has 0 aliphatic rings. The highest BCUT2D eigenvalue weighted by Crippen LogP contribution is 2.17. The minimum atomic E-state index is 0.771. The molecule has 0 aliphatic carbocycles. The summed E-state index contributed by atoms with van der Waals surface area (Å²) < 4.78 is 1.99. The molecule has 0 amide bonds. The van der Waals surface area contributed by atoms with Crippen molar-refractivity contribution in [3.63, 3.8) is 0 Å². The summed E-state index contributed by atoms with van der Waals surface area (Å²) >= 11 is 0. The first-order chi connectivity index (χ1) is 8.86. The Hall–Kier alpha value is -2.30. The first-order valence-electron chi connectivity index (χ1n) is 6.04. The van der Waals surface area contributed by atoms with E-state index >= 15 is 0 Å². The zero-order chi connectivity index (χ0) is 12.4. The average Bonchev–Trinajstić information content (AvgIpc) is 3.04. The molecule has 5 nitrogen and oxygen atoms in total. The molecule has 0 aliphatic heterocycles. The molecule has 92 valence electrons. The van der Waals surface area contributed by atoms with E-state index in [1.54, 1.807) is 0 Å². The van der Waals surface area contributed by atoms with Crippen molar-refractivity contribution in [3.8, 4) is 0 Å². The lowest BCUT2D eigenvalue weighted by molar-refractivity contribution is 0.627. The van der Waals surface area contributed by atoms with Gasteiger partial charge < -0.3 is 5.32 Å². The maximum absolute atomic E-state index is 4.25. The molecular weight excluding hydrogens is 226 g/mol. The summed E-state index contributed by atoms with van der Waals surface area (Å²) in [5, 5.41) is 15.7. The predicted octanol–water partition coefficient (Wildman–Crippen LogP) is 2.39. The van der Waals surface area contributed by atoms with Gasteiger partial charge in [0.2, 0.25) is 0 Å². The van der Waals surface area contributed by atoms with Gasteiger partial charge in [-0.25, -0.2) is 0 Å². The van der Waals surface area contributed by atoms with Crippen LogP contribution in [0.2, 0.25) is 0 Å². The number of aromatic amines is 1. The Balaban J connectivity index is 1.76. The molecular formula is C13H15N5. The van der Waals surface area contributed by atoms with Gasteiger partial charge in [-0.05, 0) is 31.2 Å². The lowest BCUT2D eigenvalue weighted by atomic mass is 10.2. The van der Waals surface area contributed by atoms with Crippen LogP contribution < -0.4 is 5.32 Å². The predicted molar refractivity (Wildman–Crippen MR) is 71.3 cm³/mol. The highest BCUT2D eigenvalue weighted by Gasteiger charge is 2.01. The molecule has 0 atom stereocenters. The number of fused-ring (bicyclic) bond motifs is 1. The molecule has 3 aromatic rings. The van der Waals surface area contributed by atoms with E-state index in [0.717, 1.165) is 29.7 Å². The normalized spacial score (nSPS) is 10.9. The van der Waals surface area contributed by atoms with Crippen LogP contribution in [0.4, 0.5) is 5.69 Å². The second-order valence-corrected chi connectivity index (χ2v) is 4.16. The van der Waals surface area contributed by atoms with E-state index in [4.69, 9.17) is 0 Å². The van der Waals surface area contributed by atoms with Gasteiger partial charge in [-0.15, -0.1) is 0 Å². The summed E-state index contributed by atoms with van der Waals surface area (Å²) in [6.07, 6.45) is 3.66. The molecule has 0 bridgehead atoms. The highest BCUT2D eigenvalue weighted by atomic mass is 15.3. The number of aryl methyl sites for hydroxylation is 1. The van der Waals surface area contributed by atoms with Crippen LogP contribution in [0.5, 0.6) is 0 Å². The van der Waals surface area contributed by atoms with E-state index in [0.29, 0.717) is 0 Å². The fourth-order valence-corrected chi connectivity index (χ4v) is 2.03.